The van der Waals surface area contributed by atoms with Crippen LogP contribution in [-0.2, 0) is 6.54 Å². The minimum atomic E-state index is 0.0203. The van der Waals surface area contributed by atoms with Crippen LogP contribution in [0.15, 0.2) is 54.9 Å². The molecule has 0 bridgehead atoms. The van der Waals surface area contributed by atoms with Gasteiger partial charge in [0, 0.05) is 37.1 Å². The molecule has 0 unspecified atom stereocenters. The van der Waals surface area contributed by atoms with Crippen molar-refractivity contribution in [1.29, 1.82) is 0 Å². The van der Waals surface area contributed by atoms with Crippen LogP contribution in [0.5, 0.6) is 0 Å². The van der Waals surface area contributed by atoms with Gasteiger partial charge in [-0.1, -0.05) is 24.3 Å². The minimum absolute atomic E-state index is 0.0203. The summed E-state index contributed by atoms with van der Waals surface area (Å²) in [4.78, 5) is 13.1. The second kappa shape index (κ2) is 8.21. The van der Waals surface area contributed by atoms with Crippen molar-refractivity contribution in [3.63, 3.8) is 0 Å². The molecule has 0 amide bonds. The highest BCUT2D eigenvalue weighted by Crippen LogP contribution is 2.21. The maximum Gasteiger partial charge on any atom is 0.225 e. The van der Waals surface area contributed by atoms with E-state index in [-0.39, 0.29) is 6.61 Å². The highest BCUT2D eigenvalue weighted by molar-refractivity contribution is 5.63. The molecule has 2 heterocycles. The Kier molecular flexibility index (Phi) is 5.53. The Morgan fingerprint density at radius 2 is 1.92 bits per heavy atom. The summed E-state index contributed by atoms with van der Waals surface area (Å²) in [5.41, 5.74) is 4.13. The third-order valence-electron chi connectivity index (χ3n) is 3.80. The molecule has 0 spiro atoms. The van der Waals surface area contributed by atoms with Crippen molar-refractivity contribution in [3.05, 3.63) is 66.0 Å². The predicted octanol–water partition coefficient (Wildman–Crippen LogP) is 2.86. The van der Waals surface area contributed by atoms with E-state index in [1.165, 1.54) is 11.1 Å². The smallest absolute Gasteiger partial charge is 0.225 e. The average molecular weight is 335 g/mol. The molecule has 0 aliphatic rings. The van der Waals surface area contributed by atoms with Crippen molar-refractivity contribution in [2.45, 2.75) is 13.5 Å². The zero-order chi connectivity index (χ0) is 17.5. The molecular weight excluding hydrogens is 314 g/mol. The fourth-order valence-corrected chi connectivity index (χ4v) is 2.44. The van der Waals surface area contributed by atoms with Gasteiger partial charge in [0.1, 0.15) is 5.82 Å². The molecule has 3 aromatic rings. The Hall–Kier alpha value is -2.99. The molecule has 1 aromatic carbocycles. The summed E-state index contributed by atoms with van der Waals surface area (Å²) < 4.78 is 0. The van der Waals surface area contributed by atoms with Crippen LogP contribution in [0.4, 0.5) is 11.8 Å². The fourth-order valence-electron chi connectivity index (χ4n) is 2.44. The van der Waals surface area contributed by atoms with Gasteiger partial charge < -0.3 is 15.7 Å². The van der Waals surface area contributed by atoms with Crippen LogP contribution in [0.25, 0.3) is 11.3 Å². The van der Waals surface area contributed by atoms with Crippen LogP contribution in [0.3, 0.4) is 0 Å². The fraction of sp³-hybridized carbons (Fsp3) is 0.211. The van der Waals surface area contributed by atoms with Gasteiger partial charge in [-0.25, -0.2) is 4.98 Å². The summed E-state index contributed by atoms with van der Waals surface area (Å²) in [6.45, 7) is 3.18. The summed E-state index contributed by atoms with van der Waals surface area (Å²) in [7, 11) is 0. The van der Waals surface area contributed by atoms with E-state index in [0.717, 1.165) is 17.1 Å². The molecule has 0 aliphatic carbocycles. The first kappa shape index (κ1) is 16.9. The van der Waals surface area contributed by atoms with Gasteiger partial charge in [-0.3, -0.25) is 4.98 Å². The van der Waals surface area contributed by atoms with Gasteiger partial charge in [0.2, 0.25) is 5.95 Å². The monoisotopic (exact) mass is 335 g/mol. The van der Waals surface area contributed by atoms with E-state index in [9.17, 15) is 0 Å². The lowest BCUT2D eigenvalue weighted by molar-refractivity contribution is 0.311. The lowest BCUT2D eigenvalue weighted by Crippen LogP contribution is -2.11. The first-order valence-corrected chi connectivity index (χ1v) is 8.19. The van der Waals surface area contributed by atoms with Crippen molar-refractivity contribution >= 4 is 11.8 Å². The van der Waals surface area contributed by atoms with E-state index < -0.39 is 0 Å². The number of benzene rings is 1. The van der Waals surface area contributed by atoms with E-state index in [2.05, 4.69) is 44.6 Å². The maximum atomic E-state index is 9.02. The molecule has 0 saturated carbocycles. The highest BCUT2D eigenvalue weighted by Gasteiger charge is 2.07. The molecule has 0 saturated heterocycles. The summed E-state index contributed by atoms with van der Waals surface area (Å²) >= 11 is 0. The molecule has 6 heteroatoms. The van der Waals surface area contributed by atoms with Gasteiger partial charge in [-0.15, -0.1) is 0 Å². The van der Waals surface area contributed by atoms with Crippen molar-refractivity contribution in [2.24, 2.45) is 0 Å². The quantitative estimate of drug-likeness (QED) is 0.616. The standard InChI is InChI=1S/C19H21N5O/c1-14-5-2-3-6-15(14)13-22-18-11-17(16-7-4-8-20-12-16)23-19(24-18)21-9-10-25/h2-8,11-12,25H,9-10,13H2,1H3,(H2,21,22,23,24). The van der Waals surface area contributed by atoms with Gasteiger partial charge in [0.25, 0.3) is 0 Å². The largest absolute Gasteiger partial charge is 0.395 e. The van der Waals surface area contributed by atoms with E-state index in [0.29, 0.717) is 19.0 Å². The van der Waals surface area contributed by atoms with Crippen LogP contribution in [0.2, 0.25) is 0 Å². The number of hydrogen-bond donors (Lipinski definition) is 3. The van der Waals surface area contributed by atoms with Crippen LogP contribution >= 0.6 is 0 Å². The lowest BCUT2D eigenvalue weighted by Gasteiger charge is -2.12. The molecule has 6 nitrogen and oxygen atoms in total. The van der Waals surface area contributed by atoms with Crippen LogP contribution < -0.4 is 10.6 Å². The van der Waals surface area contributed by atoms with Gasteiger partial charge >= 0.3 is 0 Å². The second-order valence-corrected chi connectivity index (χ2v) is 5.63. The predicted molar refractivity (Wildman–Crippen MR) is 99.3 cm³/mol. The number of aliphatic hydroxyl groups excluding tert-OH is 1. The number of aromatic nitrogens is 3. The zero-order valence-corrected chi connectivity index (χ0v) is 14.1. The summed E-state index contributed by atoms with van der Waals surface area (Å²) in [6.07, 6.45) is 3.50. The zero-order valence-electron chi connectivity index (χ0n) is 14.1. The molecule has 0 radical (unpaired) electrons. The summed E-state index contributed by atoms with van der Waals surface area (Å²) in [5.74, 6) is 1.19. The average Bonchev–Trinajstić information content (AvgIpc) is 2.66. The van der Waals surface area contributed by atoms with Crippen molar-refractivity contribution in [3.8, 4) is 11.3 Å². The Balaban J connectivity index is 1.85. The number of anilines is 2. The number of nitrogens with one attached hydrogen (secondary N) is 2. The molecule has 3 rings (SSSR count). The van der Waals surface area contributed by atoms with Crippen LogP contribution in [0.1, 0.15) is 11.1 Å². The van der Waals surface area contributed by atoms with Gasteiger partial charge in [0.05, 0.1) is 12.3 Å². The molecule has 0 atom stereocenters. The Labute approximate surface area is 147 Å². The second-order valence-electron chi connectivity index (χ2n) is 5.63. The summed E-state index contributed by atoms with van der Waals surface area (Å²) in [6, 6.07) is 14.0. The summed E-state index contributed by atoms with van der Waals surface area (Å²) in [5, 5.41) is 15.4. The molecule has 3 N–H and O–H groups in total. The number of pyridine rings is 1. The van der Waals surface area contributed by atoms with Crippen LogP contribution in [0, 0.1) is 6.92 Å². The third-order valence-corrected chi connectivity index (χ3v) is 3.80. The van der Waals surface area contributed by atoms with Crippen LogP contribution in [-0.4, -0.2) is 33.2 Å². The number of hydrogen-bond acceptors (Lipinski definition) is 6. The van der Waals surface area contributed by atoms with E-state index in [4.69, 9.17) is 5.11 Å². The number of aliphatic hydroxyl groups is 1. The van der Waals surface area contributed by atoms with E-state index >= 15 is 0 Å². The van der Waals surface area contributed by atoms with Crippen molar-refractivity contribution < 1.29 is 5.11 Å². The Bertz CT molecular complexity index is 823. The molecule has 25 heavy (non-hydrogen) atoms. The maximum absolute atomic E-state index is 9.02. The molecule has 2 aromatic heterocycles. The first-order chi connectivity index (χ1) is 12.3. The molecule has 128 valence electrons. The highest BCUT2D eigenvalue weighted by atomic mass is 16.3. The van der Waals surface area contributed by atoms with Gasteiger partial charge in [0.15, 0.2) is 0 Å². The molecule has 0 fully saturated rings. The van der Waals surface area contributed by atoms with E-state index in [1.807, 2.05) is 30.3 Å². The molecular formula is C19H21N5O. The molecule has 0 aliphatic heterocycles. The third kappa shape index (κ3) is 4.51. The van der Waals surface area contributed by atoms with Crippen molar-refractivity contribution in [1.82, 2.24) is 15.0 Å². The lowest BCUT2D eigenvalue weighted by atomic mass is 10.1. The topological polar surface area (TPSA) is 83.0 Å². The number of nitrogens with zero attached hydrogens (tertiary/aromatic N) is 3. The Morgan fingerprint density at radius 1 is 1.04 bits per heavy atom. The number of aryl methyl sites for hydroxylation is 1. The van der Waals surface area contributed by atoms with Gasteiger partial charge in [-0.05, 0) is 30.2 Å². The Morgan fingerprint density at radius 3 is 2.68 bits per heavy atom. The minimum Gasteiger partial charge on any atom is -0.395 e. The number of rotatable bonds is 7. The van der Waals surface area contributed by atoms with Crippen molar-refractivity contribution in [2.75, 3.05) is 23.8 Å². The van der Waals surface area contributed by atoms with Gasteiger partial charge in [-0.2, -0.15) is 4.98 Å². The first-order valence-electron chi connectivity index (χ1n) is 8.19. The SMILES string of the molecule is Cc1ccccc1CNc1cc(-c2cccnc2)nc(NCCO)n1. The van der Waals surface area contributed by atoms with E-state index in [1.54, 1.807) is 12.4 Å². The normalized spacial score (nSPS) is 10.5.